The summed E-state index contributed by atoms with van der Waals surface area (Å²) in [6.45, 7) is 0.357. The zero-order valence-electron chi connectivity index (χ0n) is 9.77. The number of primary sulfonamides is 1. The largest absolute Gasteiger partial charge is 0.480 e. The van der Waals surface area contributed by atoms with Crippen LogP contribution in [0.2, 0.25) is 0 Å². The number of amides is 1. The number of hydrogen-bond donors (Lipinski definition) is 2. The molecule has 0 bridgehead atoms. The second-order valence-electron chi connectivity index (χ2n) is 4.19. The fourth-order valence-electron chi connectivity index (χ4n) is 2.01. The summed E-state index contributed by atoms with van der Waals surface area (Å²) in [7, 11) is -3.84. The molecule has 19 heavy (non-hydrogen) atoms. The van der Waals surface area contributed by atoms with Gasteiger partial charge in [-0.05, 0) is 18.9 Å². The molecule has 1 amide bonds. The van der Waals surface area contributed by atoms with Gasteiger partial charge in [0.1, 0.15) is 10.3 Å². The van der Waals surface area contributed by atoms with E-state index in [0.29, 0.717) is 19.4 Å². The van der Waals surface area contributed by atoms with Crippen LogP contribution in [-0.2, 0) is 14.8 Å². The number of rotatable bonds is 3. The predicted octanol–water partition coefficient (Wildman–Crippen LogP) is 0.0847. The van der Waals surface area contributed by atoms with Crippen molar-refractivity contribution in [1.82, 2.24) is 4.90 Å². The Morgan fingerprint density at radius 2 is 2.16 bits per heavy atom. The zero-order valence-corrected chi connectivity index (χ0v) is 11.4. The Kier molecular flexibility index (Phi) is 3.61. The van der Waals surface area contributed by atoms with E-state index in [1.165, 1.54) is 16.3 Å². The van der Waals surface area contributed by atoms with Crippen molar-refractivity contribution < 1.29 is 23.1 Å². The molecule has 0 aromatic carbocycles. The van der Waals surface area contributed by atoms with Crippen LogP contribution in [0.4, 0.5) is 0 Å². The molecule has 0 unspecified atom stereocenters. The van der Waals surface area contributed by atoms with Gasteiger partial charge < -0.3 is 10.0 Å². The maximum Gasteiger partial charge on any atom is 0.326 e. The van der Waals surface area contributed by atoms with Gasteiger partial charge in [0.05, 0.1) is 5.56 Å². The fourth-order valence-corrected chi connectivity index (χ4v) is 3.59. The highest BCUT2D eigenvalue weighted by atomic mass is 32.2. The third-order valence-corrected chi connectivity index (χ3v) is 5.29. The van der Waals surface area contributed by atoms with Crippen molar-refractivity contribution >= 4 is 33.2 Å². The van der Waals surface area contributed by atoms with Gasteiger partial charge in [-0.25, -0.2) is 18.4 Å². The highest BCUT2D eigenvalue weighted by Crippen LogP contribution is 2.24. The quantitative estimate of drug-likeness (QED) is 0.820. The molecule has 1 aromatic rings. The second-order valence-corrected chi connectivity index (χ2v) is 6.89. The molecule has 2 heterocycles. The van der Waals surface area contributed by atoms with Crippen LogP contribution in [0.25, 0.3) is 0 Å². The third-order valence-electron chi connectivity index (χ3n) is 2.90. The van der Waals surface area contributed by atoms with Gasteiger partial charge in [0, 0.05) is 11.9 Å². The van der Waals surface area contributed by atoms with E-state index < -0.39 is 27.9 Å². The molecule has 0 radical (unpaired) electrons. The summed E-state index contributed by atoms with van der Waals surface area (Å²) < 4.78 is 22.2. The van der Waals surface area contributed by atoms with Crippen LogP contribution < -0.4 is 5.14 Å². The van der Waals surface area contributed by atoms with Gasteiger partial charge in [0.15, 0.2) is 0 Å². The molecular weight excluding hydrogens is 292 g/mol. The molecule has 1 fully saturated rings. The number of carboxylic acid groups (broad SMARTS) is 1. The summed E-state index contributed by atoms with van der Waals surface area (Å²) >= 11 is 0.845. The number of hydrogen-bond acceptors (Lipinski definition) is 5. The standard InChI is InChI=1S/C10H12N2O5S2/c11-19(16,17)8-4-6(5-18-8)9(13)12-3-1-2-7(12)10(14)15/h4-5,7H,1-3H2,(H,14,15)(H2,11,16,17)/t7-/m1/s1. The highest BCUT2D eigenvalue weighted by Gasteiger charge is 2.34. The molecule has 9 heteroatoms. The average molecular weight is 304 g/mol. The number of likely N-dealkylation sites (tertiary alicyclic amines) is 1. The predicted molar refractivity (Wildman–Crippen MR) is 67.4 cm³/mol. The van der Waals surface area contributed by atoms with Gasteiger partial charge >= 0.3 is 5.97 Å². The topological polar surface area (TPSA) is 118 Å². The van der Waals surface area contributed by atoms with Crippen molar-refractivity contribution in [2.45, 2.75) is 23.1 Å². The lowest BCUT2D eigenvalue weighted by Gasteiger charge is -2.20. The molecule has 1 saturated heterocycles. The van der Waals surface area contributed by atoms with Crippen LogP contribution in [0.3, 0.4) is 0 Å². The molecule has 0 saturated carbocycles. The van der Waals surface area contributed by atoms with Crippen molar-refractivity contribution in [3.05, 3.63) is 17.0 Å². The molecule has 1 aromatic heterocycles. The maximum absolute atomic E-state index is 12.1. The van der Waals surface area contributed by atoms with E-state index in [-0.39, 0.29) is 9.77 Å². The Morgan fingerprint density at radius 3 is 2.68 bits per heavy atom. The van der Waals surface area contributed by atoms with Crippen molar-refractivity contribution in [1.29, 1.82) is 0 Å². The Hall–Kier alpha value is -1.45. The van der Waals surface area contributed by atoms with E-state index in [1.54, 1.807) is 0 Å². The molecule has 7 nitrogen and oxygen atoms in total. The fraction of sp³-hybridized carbons (Fsp3) is 0.400. The number of aliphatic carboxylic acids is 1. The van der Waals surface area contributed by atoms with Crippen LogP contribution >= 0.6 is 11.3 Å². The lowest BCUT2D eigenvalue weighted by Crippen LogP contribution is -2.40. The second kappa shape index (κ2) is 4.91. The minimum Gasteiger partial charge on any atom is -0.480 e. The summed E-state index contributed by atoms with van der Waals surface area (Å²) in [6, 6.07) is 0.338. The van der Waals surface area contributed by atoms with E-state index in [2.05, 4.69) is 0 Å². The van der Waals surface area contributed by atoms with Gasteiger partial charge in [0.25, 0.3) is 5.91 Å². The number of sulfonamides is 1. The highest BCUT2D eigenvalue weighted by molar-refractivity contribution is 7.91. The average Bonchev–Trinajstić information content (AvgIpc) is 2.96. The Morgan fingerprint density at radius 1 is 1.47 bits per heavy atom. The monoisotopic (exact) mass is 304 g/mol. The molecule has 104 valence electrons. The van der Waals surface area contributed by atoms with Crippen LogP contribution in [0.1, 0.15) is 23.2 Å². The van der Waals surface area contributed by atoms with Crippen molar-refractivity contribution in [2.75, 3.05) is 6.54 Å². The SMILES string of the molecule is NS(=O)(=O)c1cc(C(=O)N2CCC[C@@H]2C(=O)O)cs1. The van der Waals surface area contributed by atoms with Gasteiger partial charge in [0.2, 0.25) is 10.0 Å². The Balaban J connectivity index is 2.25. The van der Waals surface area contributed by atoms with Gasteiger partial charge in [-0.1, -0.05) is 0 Å². The number of carboxylic acids is 1. The Bertz CT molecular complexity index is 622. The molecule has 0 spiro atoms. The van der Waals surface area contributed by atoms with Crippen LogP contribution in [0.15, 0.2) is 15.7 Å². The minimum atomic E-state index is -3.84. The summed E-state index contributed by atoms with van der Waals surface area (Å²) in [6.07, 6.45) is 1.03. The number of carbonyl (C=O) groups excluding carboxylic acids is 1. The lowest BCUT2D eigenvalue weighted by atomic mass is 10.2. The molecule has 0 aliphatic carbocycles. The smallest absolute Gasteiger partial charge is 0.326 e. The first-order chi connectivity index (χ1) is 8.80. The first-order valence-electron chi connectivity index (χ1n) is 5.46. The molecule has 1 aliphatic rings. The summed E-state index contributed by atoms with van der Waals surface area (Å²) in [5.41, 5.74) is 0.155. The number of carbonyl (C=O) groups is 2. The van der Waals surface area contributed by atoms with Crippen molar-refractivity contribution in [3.63, 3.8) is 0 Å². The molecular formula is C10H12N2O5S2. The first-order valence-corrected chi connectivity index (χ1v) is 7.88. The summed E-state index contributed by atoms with van der Waals surface area (Å²) in [5, 5.41) is 15.3. The molecule has 3 N–H and O–H groups in total. The van der Waals surface area contributed by atoms with Crippen LogP contribution in [0, 0.1) is 0 Å². The molecule has 1 aliphatic heterocycles. The van der Waals surface area contributed by atoms with E-state index in [0.717, 1.165) is 11.3 Å². The number of nitrogens with zero attached hydrogens (tertiary/aromatic N) is 1. The van der Waals surface area contributed by atoms with Gasteiger partial charge in [-0.15, -0.1) is 11.3 Å². The van der Waals surface area contributed by atoms with E-state index in [9.17, 15) is 18.0 Å². The van der Waals surface area contributed by atoms with E-state index >= 15 is 0 Å². The first kappa shape index (κ1) is 14.0. The van der Waals surface area contributed by atoms with Crippen LogP contribution in [0.5, 0.6) is 0 Å². The molecule has 2 rings (SSSR count). The zero-order chi connectivity index (χ0) is 14.2. The van der Waals surface area contributed by atoms with Gasteiger partial charge in [-0.3, -0.25) is 4.79 Å². The minimum absolute atomic E-state index is 0.109. The number of thiophene rings is 1. The summed E-state index contributed by atoms with van der Waals surface area (Å²) in [5.74, 6) is -1.52. The van der Waals surface area contributed by atoms with Crippen molar-refractivity contribution in [2.24, 2.45) is 5.14 Å². The van der Waals surface area contributed by atoms with Gasteiger partial charge in [-0.2, -0.15) is 0 Å². The van der Waals surface area contributed by atoms with E-state index in [4.69, 9.17) is 10.2 Å². The Labute approximate surface area is 113 Å². The maximum atomic E-state index is 12.1. The molecule has 1 atom stereocenters. The third kappa shape index (κ3) is 2.77. The lowest BCUT2D eigenvalue weighted by molar-refractivity contribution is -0.141. The number of nitrogens with two attached hydrogens (primary N) is 1. The van der Waals surface area contributed by atoms with E-state index in [1.807, 2.05) is 0 Å². The van der Waals surface area contributed by atoms with Crippen molar-refractivity contribution in [3.8, 4) is 0 Å². The van der Waals surface area contributed by atoms with Crippen LogP contribution in [-0.4, -0.2) is 42.9 Å². The normalized spacial score (nSPS) is 19.6. The summed E-state index contributed by atoms with van der Waals surface area (Å²) in [4.78, 5) is 24.4.